The molecule has 18 heavy (non-hydrogen) atoms. The molecule has 3 atom stereocenters. The minimum absolute atomic E-state index is 0.518. The number of hydrogen-bond acceptors (Lipinski definition) is 2. The van der Waals surface area contributed by atoms with Gasteiger partial charge in [-0.1, -0.05) is 49.6 Å². The molecule has 0 saturated heterocycles. The third-order valence-corrected chi connectivity index (χ3v) is 4.14. The van der Waals surface area contributed by atoms with Crippen molar-refractivity contribution in [2.45, 2.75) is 44.8 Å². The fourth-order valence-corrected chi connectivity index (χ4v) is 3.01. The van der Waals surface area contributed by atoms with Crippen molar-refractivity contribution in [1.82, 2.24) is 5.32 Å². The van der Waals surface area contributed by atoms with Crippen molar-refractivity contribution in [2.24, 2.45) is 5.92 Å². The summed E-state index contributed by atoms with van der Waals surface area (Å²) in [6, 6.07) is 8.05. The van der Waals surface area contributed by atoms with Gasteiger partial charge in [0, 0.05) is 23.2 Å². The van der Waals surface area contributed by atoms with Crippen molar-refractivity contribution in [3.05, 3.63) is 34.9 Å². The Balaban J connectivity index is 1.84. The summed E-state index contributed by atoms with van der Waals surface area (Å²) in [5.41, 5.74) is 0.815. The quantitative estimate of drug-likeness (QED) is 0.875. The lowest BCUT2D eigenvalue weighted by Gasteiger charge is -2.28. The van der Waals surface area contributed by atoms with E-state index >= 15 is 0 Å². The molecule has 2 nitrogen and oxygen atoms in total. The molecule has 0 radical (unpaired) electrons. The Morgan fingerprint density at radius 2 is 2.17 bits per heavy atom. The highest BCUT2D eigenvalue weighted by molar-refractivity contribution is 6.31. The fourth-order valence-electron chi connectivity index (χ4n) is 2.75. The van der Waals surface area contributed by atoms with E-state index in [-0.39, 0.29) is 0 Å². The van der Waals surface area contributed by atoms with Gasteiger partial charge in [0.05, 0.1) is 6.10 Å². The van der Waals surface area contributed by atoms with Crippen LogP contribution < -0.4 is 5.32 Å². The van der Waals surface area contributed by atoms with Crippen LogP contribution in [0, 0.1) is 5.92 Å². The van der Waals surface area contributed by atoms with Crippen molar-refractivity contribution in [3.8, 4) is 0 Å². The summed E-state index contributed by atoms with van der Waals surface area (Å²) in [7, 11) is 0. The zero-order valence-corrected chi connectivity index (χ0v) is 11.7. The number of nitrogens with one attached hydrogen (secondary N) is 1. The predicted octanol–water partition coefficient (Wildman–Crippen LogP) is 3.54. The van der Waals surface area contributed by atoms with Gasteiger partial charge < -0.3 is 10.4 Å². The molecule has 1 aliphatic rings. The molecule has 1 saturated carbocycles. The molecule has 1 fully saturated rings. The van der Waals surface area contributed by atoms with E-state index in [9.17, 15) is 5.11 Å². The summed E-state index contributed by atoms with van der Waals surface area (Å²) in [4.78, 5) is 0. The van der Waals surface area contributed by atoms with Gasteiger partial charge in [-0.3, -0.25) is 0 Å². The minimum Gasteiger partial charge on any atom is -0.387 e. The number of hydrogen-bond donors (Lipinski definition) is 2. The Morgan fingerprint density at radius 1 is 1.39 bits per heavy atom. The molecule has 1 aromatic carbocycles. The van der Waals surface area contributed by atoms with Crippen LogP contribution in [-0.4, -0.2) is 17.7 Å². The lowest BCUT2D eigenvalue weighted by molar-refractivity contribution is 0.162. The molecule has 3 heteroatoms. The van der Waals surface area contributed by atoms with E-state index in [0.717, 1.165) is 11.5 Å². The summed E-state index contributed by atoms with van der Waals surface area (Å²) in [5, 5.41) is 14.3. The van der Waals surface area contributed by atoms with E-state index in [1.807, 2.05) is 24.3 Å². The lowest BCUT2D eigenvalue weighted by atomic mass is 9.87. The molecule has 0 aliphatic heterocycles. The lowest BCUT2D eigenvalue weighted by Crippen LogP contribution is -2.36. The van der Waals surface area contributed by atoms with E-state index in [2.05, 4.69) is 12.2 Å². The molecule has 0 amide bonds. The van der Waals surface area contributed by atoms with Crippen LogP contribution in [0.5, 0.6) is 0 Å². The van der Waals surface area contributed by atoms with E-state index in [4.69, 9.17) is 11.6 Å². The van der Waals surface area contributed by atoms with Crippen molar-refractivity contribution in [3.63, 3.8) is 0 Å². The first-order valence-corrected chi connectivity index (χ1v) is 7.20. The third-order valence-electron chi connectivity index (χ3n) is 3.80. The maximum atomic E-state index is 10.2. The van der Waals surface area contributed by atoms with Crippen LogP contribution >= 0.6 is 11.6 Å². The number of aliphatic hydroxyl groups excluding tert-OH is 1. The molecule has 2 N–H and O–H groups in total. The molecular weight excluding hydrogens is 246 g/mol. The zero-order chi connectivity index (χ0) is 13.0. The molecule has 2 rings (SSSR count). The molecule has 100 valence electrons. The van der Waals surface area contributed by atoms with Gasteiger partial charge in [-0.2, -0.15) is 0 Å². The Labute approximate surface area is 114 Å². The highest BCUT2D eigenvalue weighted by Gasteiger charge is 2.19. The number of halogens is 1. The first-order valence-electron chi connectivity index (χ1n) is 6.82. The highest BCUT2D eigenvalue weighted by Crippen LogP contribution is 2.25. The van der Waals surface area contributed by atoms with Crippen LogP contribution in [0.1, 0.15) is 44.3 Å². The fraction of sp³-hybridized carbons (Fsp3) is 0.600. The van der Waals surface area contributed by atoms with Gasteiger partial charge >= 0.3 is 0 Å². The van der Waals surface area contributed by atoms with E-state index in [1.54, 1.807) is 0 Å². The summed E-state index contributed by atoms with van der Waals surface area (Å²) < 4.78 is 0. The predicted molar refractivity (Wildman–Crippen MR) is 75.8 cm³/mol. The molecule has 1 aliphatic carbocycles. The average Bonchev–Trinajstić information content (AvgIpc) is 2.37. The second-order valence-corrected chi connectivity index (χ2v) is 5.82. The zero-order valence-electron chi connectivity index (χ0n) is 10.9. The molecule has 1 aromatic rings. The van der Waals surface area contributed by atoms with Crippen LogP contribution in [0.4, 0.5) is 0 Å². The second-order valence-electron chi connectivity index (χ2n) is 5.41. The van der Waals surface area contributed by atoms with Crippen LogP contribution in [0.3, 0.4) is 0 Å². The van der Waals surface area contributed by atoms with Crippen molar-refractivity contribution < 1.29 is 5.11 Å². The standard InChI is InChI=1S/C15H22ClNO/c1-11-5-4-6-12(9-11)17-10-15(18)13-7-2-3-8-14(13)16/h2-3,7-8,11-12,15,17-18H,4-6,9-10H2,1H3. The van der Waals surface area contributed by atoms with Gasteiger partial charge in [0.1, 0.15) is 0 Å². The van der Waals surface area contributed by atoms with Gasteiger partial charge in [-0.05, 0) is 24.8 Å². The first-order chi connectivity index (χ1) is 8.66. The van der Waals surface area contributed by atoms with Crippen molar-refractivity contribution >= 4 is 11.6 Å². The summed E-state index contributed by atoms with van der Waals surface area (Å²) >= 11 is 6.08. The van der Waals surface area contributed by atoms with Crippen molar-refractivity contribution in [2.75, 3.05) is 6.54 Å². The van der Waals surface area contributed by atoms with E-state index in [1.165, 1.54) is 25.7 Å². The SMILES string of the molecule is CC1CCCC(NCC(O)c2ccccc2Cl)C1. The number of rotatable bonds is 4. The topological polar surface area (TPSA) is 32.3 Å². The molecule has 0 aromatic heterocycles. The Hall–Kier alpha value is -0.570. The van der Waals surface area contributed by atoms with Crippen LogP contribution in [-0.2, 0) is 0 Å². The van der Waals surface area contributed by atoms with Gasteiger partial charge in [-0.15, -0.1) is 0 Å². The highest BCUT2D eigenvalue weighted by atomic mass is 35.5. The number of aliphatic hydroxyl groups is 1. The third kappa shape index (κ3) is 3.71. The van der Waals surface area contributed by atoms with Crippen LogP contribution in [0.25, 0.3) is 0 Å². The van der Waals surface area contributed by atoms with Gasteiger partial charge in [0.25, 0.3) is 0 Å². The van der Waals surface area contributed by atoms with E-state index in [0.29, 0.717) is 17.6 Å². The van der Waals surface area contributed by atoms with E-state index < -0.39 is 6.10 Å². The number of benzene rings is 1. The van der Waals surface area contributed by atoms with Gasteiger partial charge in [0.2, 0.25) is 0 Å². The normalized spacial score (nSPS) is 25.9. The average molecular weight is 268 g/mol. The van der Waals surface area contributed by atoms with Crippen LogP contribution in [0.2, 0.25) is 5.02 Å². The molecule has 0 bridgehead atoms. The maximum absolute atomic E-state index is 10.2. The van der Waals surface area contributed by atoms with Gasteiger partial charge in [-0.25, -0.2) is 0 Å². The maximum Gasteiger partial charge on any atom is 0.0928 e. The summed E-state index contributed by atoms with van der Waals surface area (Å²) in [6.07, 6.45) is 4.55. The molecular formula is C15H22ClNO. The molecule has 0 spiro atoms. The minimum atomic E-state index is -0.518. The summed E-state index contributed by atoms with van der Waals surface area (Å²) in [6.45, 7) is 2.89. The smallest absolute Gasteiger partial charge is 0.0928 e. The van der Waals surface area contributed by atoms with Crippen LogP contribution in [0.15, 0.2) is 24.3 Å². The first kappa shape index (κ1) is 13.9. The molecule has 3 unspecified atom stereocenters. The monoisotopic (exact) mass is 267 g/mol. The second kappa shape index (κ2) is 6.55. The summed E-state index contributed by atoms with van der Waals surface area (Å²) in [5.74, 6) is 0.800. The Kier molecular flexibility index (Phi) is 5.04. The Morgan fingerprint density at radius 3 is 2.89 bits per heavy atom. The molecule has 0 heterocycles. The van der Waals surface area contributed by atoms with Gasteiger partial charge in [0.15, 0.2) is 0 Å². The Bertz CT molecular complexity index is 383. The van der Waals surface area contributed by atoms with Crippen molar-refractivity contribution in [1.29, 1.82) is 0 Å². The largest absolute Gasteiger partial charge is 0.387 e.